The van der Waals surface area contributed by atoms with Crippen molar-refractivity contribution >= 4 is 33.1 Å². The van der Waals surface area contributed by atoms with Crippen molar-refractivity contribution in [2.75, 3.05) is 4.90 Å². The molecule has 0 aliphatic carbocycles. The summed E-state index contributed by atoms with van der Waals surface area (Å²) in [6.45, 7) is 2.18. The minimum Gasteiger partial charge on any atom is -0.409 e. The van der Waals surface area contributed by atoms with Crippen LogP contribution in [0, 0.1) is 0 Å². The number of benzene rings is 2. The van der Waals surface area contributed by atoms with E-state index in [1.165, 1.54) is 11.3 Å². The Bertz CT molecular complexity index is 714. The Morgan fingerprint density at radius 1 is 1.24 bits per heavy atom. The van der Waals surface area contributed by atoms with E-state index in [-0.39, 0.29) is 5.84 Å². The molecule has 3 rings (SSSR count). The molecule has 0 bridgehead atoms. The number of hydrogen-bond acceptors (Lipinski definition) is 3. The summed E-state index contributed by atoms with van der Waals surface area (Å²) in [5.74, 6) is 0.106. The van der Waals surface area contributed by atoms with Gasteiger partial charge in [-0.3, -0.25) is 0 Å². The van der Waals surface area contributed by atoms with Crippen LogP contribution in [0.5, 0.6) is 0 Å². The van der Waals surface area contributed by atoms with E-state index in [1.54, 1.807) is 0 Å². The molecule has 3 N–H and O–H groups in total. The maximum Gasteiger partial charge on any atom is 0.173 e. The number of nitrogens with two attached hydrogens (primary N) is 1. The van der Waals surface area contributed by atoms with E-state index in [4.69, 9.17) is 10.9 Å². The summed E-state index contributed by atoms with van der Waals surface area (Å²) in [6, 6.07) is 14.5. The number of anilines is 2. The zero-order chi connectivity index (χ0) is 15.0. The fourth-order valence-corrected chi connectivity index (χ4v) is 3.51. The predicted molar refractivity (Wildman–Crippen MR) is 88.4 cm³/mol. The van der Waals surface area contributed by atoms with Crippen molar-refractivity contribution in [3.05, 3.63) is 58.1 Å². The van der Waals surface area contributed by atoms with Crippen molar-refractivity contribution in [1.29, 1.82) is 0 Å². The Morgan fingerprint density at radius 2 is 1.95 bits per heavy atom. The number of fused-ring (bicyclic) bond motifs is 1. The third-order valence-corrected chi connectivity index (χ3v) is 4.48. The van der Waals surface area contributed by atoms with Gasteiger partial charge in [-0.1, -0.05) is 29.4 Å². The van der Waals surface area contributed by atoms with Crippen molar-refractivity contribution in [3.63, 3.8) is 0 Å². The lowest BCUT2D eigenvalue weighted by atomic mass is 10.1. The molecule has 1 aliphatic rings. The van der Waals surface area contributed by atoms with Crippen LogP contribution in [-0.2, 0) is 6.42 Å². The molecule has 1 heterocycles. The van der Waals surface area contributed by atoms with E-state index >= 15 is 0 Å². The Labute approximate surface area is 132 Å². The van der Waals surface area contributed by atoms with Gasteiger partial charge >= 0.3 is 0 Å². The first-order valence-corrected chi connectivity index (χ1v) is 7.56. The van der Waals surface area contributed by atoms with E-state index in [1.807, 2.05) is 24.3 Å². The molecule has 0 saturated carbocycles. The number of hydrogen-bond donors (Lipinski definition) is 2. The first-order chi connectivity index (χ1) is 10.1. The van der Waals surface area contributed by atoms with Crippen molar-refractivity contribution in [3.8, 4) is 0 Å². The summed E-state index contributed by atoms with van der Waals surface area (Å²) in [7, 11) is 0. The second kappa shape index (κ2) is 5.41. The molecule has 21 heavy (non-hydrogen) atoms. The Kier molecular flexibility index (Phi) is 3.59. The first kappa shape index (κ1) is 13.9. The van der Waals surface area contributed by atoms with Gasteiger partial charge in [0.2, 0.25) is 0 Å². The monoisotopic (exact) mass is 345 g/mol. The summed E-state index contributed by atoms with van der Waals surface area (Å²) in [5, 5.41) is 12.2. The number of halogens is 1. The lowest BCUT2D eigenvalue weighted by molar-refractivity contribution is 0.318. The molecule has 0 fully saturated rings. The van der Waals surface area contributed by atoms with E-state index < -0.39 is 0 Å². The van der Waals surface area contributed by atoms with E-state index in [0.29, 0.717) is 11.6 Å². The topological polar surface area (TPSA) is 61.8 Å². The molecule has 1 atom stereocenters. The lowest BCUT2D eigenvalue weighted by Crippen LogP contribution is -2.27. The van der Waals surface area contributed by atoms with Crippen LogP contribution in [0.15, 0.2) is 52.1 Å². The first-order valence-electron chi connectivity index (χ1n) is 6.77. The van der Waals surface area contributed by atoms with E-state index in [0.717, 1.165) is 16.6 Å². The number of rotatable bonds is 2. The molecule has 5 heteroatoms. The van der Waals surface area contributed by atoms with Crippen LogP contribution in [0.3, 0.4) is 0 Å². The molecule has 108 valence electrons. The fraction of sp³-hybridized carbons (Fsp3) is 0.188. The van der Waals surface area contributed by atoms with Gasteiger partial charge in [0.1, 0.15) is 0 Å². The minimum atomic E-state index is 0.106. The van der Waals surface area contributed by atoms with Gasteiger partial charge in [0.05, 0.1) is 11.3 Å². The third kappa shape index (κ3) is 2.27. The van der Waals surface area contributed by atoms with Crippen molar-refractivity contribution in [2.24, 2.45) is 10.9 Å². The van der Waals surface area contributed by atoms with Crippen molar-refractivity contribution < 1.29 is 5.21 Å². The fourth-order valence-electron chi connectivity index (χ4n) is 2.95. The second-order valence-electron chi connectivity index (χ2n) is 5.17. The summed E-state index contributed by atoms with van der Waals surface area (Å²) in [4.78, 5) is 2.24. The maximum atomic E-state index is 9.06. The van der Waals surface area contributed by atoms with Gasteiger partial charge in [0, 0.05) is 16.2 Å². The summed E-state index contributed by atoms with van der Waals surface area (Å²) in [6.07, 6.45) is 0.984. The molecule has 4 nitrogen and oxygen atoms in total. The zero-order valence-electron chi connectivity index (χ0n) is 11.6. The highest BCUT2D eigenvalue weighted by molar-refractivity contribution is 9.10. The SMILES string of the molecule is CC1Cc2ccccc2N1c1cccc(Br)c1/C(N)=N/O. The lowest BCUT2D eigenvalue weighted by Gasteiger charge is -2.27. The quantitative estimate of drug-likeness (QED) is 0.378. The van der Waals surface area contributed by atoms with Gasteiger partial charge in [-0.25, -0.2) is 0 Å². The van der Waals surface area contributed by atoms with Crippen LogP contribution < -0.4 is 10.6 Å². The number of nitrogens with zero attached hydrogens (tertiary/aromatic N) is 2. The van der Waals surface area contributed by atoms with Crippen molar-refractivity contribution in [2.45, 2.75) is 19.4 Å². The molecule has 1 unspecified atom stereocenters. The van der Waals surface area contributed by atoms with Gasteiger partial charge in [-0.15, -0.1) is 0 Å². The third-order valence-electron chi connectivity index (χ3n) is 3.82. The van der Waals surface area contributed by atoms with Crippen LogP contribution in [0.4, 0.5) is 11.4 Å². The Morgan fingerprint density at radius 3 is 2.71 bits per heavy atom. The van der Waals surface area contributed by atoms with Gasteiger partial charge in [-0.05, 0) is 53.0 Å². The van der Waals surface area contributed by atoms with Gasteiger partial charge in [0.15, 0.2) is 5.84 Å². The van der Waals surface area contributed by atoms with E-state index in [9.17, 15) is 0 Å². The number of para-hydroxylation sites is 1. The smallest absolute Gasteiger partial charge is 0.173 e. The largest absolute Gasteiger partial charge is 0.409 e. The second-order valence-corrected chi connectivity index (χ2v) is 6.03. The van der Waals surface area contributed by atoms with Gasteiger partial charge in [-0.2, -0.15) is 0 Å². The highest BCUT2D eigenvalue weighted by Crippen LogP contribution is 2.41. The molecule has 0 spiro atoms. The highest BCUT2D eigenvalue weighted by Gasteiger charge is 2.29. The summed E-state index contributed by atoms with van der Waals surface area (Å²) >= 11 is 3.50. The average molecular weight is 346 g/mol. The van der Waals surface area contributed by atoms with E-state index in [2.05, 4.69) is 51.1 Å². The molecule has 0 amide bonds. The molecule has 1 aliphatic heterocycles. The van der Waals surface area contributed by atoms with Crippen LogP contribution in [-0.4, -0.2) is 17.1 Å². The van der Waals surface area contributed by atoms with Gasteiger partial charge in [0.25, 0.3) is 0 Å². The van der Waals surface area contributed by atoms with Gasteiger partial charge < -0.3 is 15.8 Å². The molecule has 0 radical (unpaired) electrons. The molecule has 0 aromatic heterocycles. The summed E-state index contributed by atoms with van der Waals surface area (Å²) in [5.41, 5.74) is 10.0. The standard InChI is InChI=1S/C16H16BrN3O/c1-10-9-11-5-2-3-7-13(11)20(10)14-8-4-6-12(17)15(14)16(18)19-21/h2-8,10,21H,9H2,1H3,(H2,18,19). The summed E-state index contributed by atoms with van der Waals surface area (Å²) < 4.78 is 0.812. The normalized spacial score (nSPS) is 17.9. The van der Waals surface area contributed by atoms with Crippen LogP contribution in [0.25, 0.3) is 0 Å². The Hall–Kier alpha value is -2.01. The molecule has 2 aromatic rings. The average Bonchev–Trinajstić information content (AvgIpc) is 2.82. The Balaban J connectivity index is 2.20. The molecule has 0 saturated heterocycles. The highest BCUT2D eigenvalue weighted by atomic mass is 79.9. The predicted octanol–water partition coefficient (Wildman–Crippen LogP) is 3.63. The minimum absolute atomic E-state index is 0.106. The molecular formula is C16H16BrN3O. The maximum absolute atomic E-state index is 9.06. The molecule has 2 aromatic carbocycles. The van der Waals surface area contributed by atoms with Crippen LogP contribution >= 0.6 is 15.9 Å². The number of amidine groups is 1. The van der Waals surface area contributed by atoms with Crippen LogP contribution in [0.2, 0.25) is 0 Å². The zero-order valence-corrected chi connectivity index (χ0v) is 13.2. The van der Waals surface area contributed by atoms with Crippen molar-refractivity contribution in [1.82, 2.24) is 0 Å². The molecular weight excluding hydrogens is 330 g/mol. The number of oxime groups is 1. The van der Waals surface area contributed by atoms with Crippen LogP contribution in [0.1, 0.15) is 18.1 Å².